The molecule has 56 heavy (non-hydrogen) atoms. The molecule has 1 heterocycles. The van der Waals surface area contributed by atoms with Crippen LogP contribution in [0.2, 0.25) is 0 Å². The molecule has 0 fully saturated rings. The van der Waals surface area contributed by atoms with Crippen LogP contribution in [0.4, 0.5) is 0 Å². The highest BCUT2D eigenvalue weighted by atomic mass is 16.6. The van der Waals surface area contributed by atoms with Crippen molar-refractivity contribution in [2.75, 3.05) is 79.1 Å². The first kappa shape index (κ1) is 43.4. The first-order valence-corrected chi connectivity index (χ1v) is 18.5. The zero-order valence-corrected chi connectivity index (χ0v) is 31.5. The highest BCUT2D eigenvalue weighted by Gasteiger charge is 2.34. The summed E-state index contributed by atoms with van der Waals surface area (Å²) in [4.78, 5) is 52.0. The molecule has 1 atom stereocenters. The molecule has 1 aliphatic heterocycles. The molecule has 0 saturated carbocycles. The van der Waals surface area contributed by atoms with Crippen molar-refractivity contribution in [2.45, 2.75) is 25.5 Å². The van der Waals surface area contributed by atoms with E-state index in [0.29, 0.717) is 68.7 Å². The molecule has 16 nitrogen and oxygen atoms in total. The summed E-state index contributed by atoms with van der Waals surface area (Å²) in [7, 11) is 0. The number of hydrogen-bond donors (Lipinski definition) is 5. The van der Waals surface area contributed by atoms with E-state index in [1.807, 2.05) is 42.5 Å². The minimum atomic E-state index is -0.923. The van der Waals surface area contributed by atoms with Crippen molar-refractivity contribution in [2.24, 2.45) is 11.6 Å². The molecule has 1 aliphatic rings. The van der Waals surface area contributed by atoms with E-state index >= 15 is 0 Å². The molecule has 0 radical (unpaired) electrons. The maximum Gasteiger partial charge on any atom is 0.329 e. The van der Waals surface area contributed by atoms with E-state index in [1.165, 1.54) is 4.90 Å². The molecule has 0 spiro atoms. The molecule has 3 aromatic rings. The fraction of sp³-hybridized carbons (Fsp3) is 0.400. The Bertz CT molecular complexity index is 1660. The van der Waals surface area contributed by atoms with Crippen molar-refractivity contribution in [3.63, 3.8) is 0 Å². The van der Waals surface area contributed by atoms with Gasteiger partial charge in [-0.15, -0.1) is 0 Å². The van der Waals surface area contributed by atoms with Crippen LogP contribution in [0.25, 0.3) is 0 Å². The van der Waals surface area contributed by atoms with Gasteiger partial charge in [-0.05, 0) is 35.4 Å². The largest absolute Gasteiger partial charge is 0.487 e. The molecule has 0 saturated heterocycles. The molecular formula is C40H52N6O10. The number of hydrazine groups is 1. The van der Waals surface area contributed by atoms with Crippen LogP contribution in [0.3, 0.4) is 0 Å². The number of benzene rings is 3. The number of carbonyl (C=O) groups excluding carboxylic acids is 4. The smallest absolute Gasteiger partial charge is 0.329 e. The van der Waals surface area contributed by atoms with Crippen molar-refractivity contribution in [3.8, 4) is 5.75 Å². The van der Waals surface area contributed by atoms with Gasteiger partial charge in [-0.1, -0.05) is 54.6 Å². The number of nitrogens with one attached hydrogen (secondary N) is 3. The molecule has 3 aromatic carbocycles. The number of imide groups is 1. The van der Waals surface area contributed by atoms with Crippen LogP contribution >= 0.6 is 0 Å². The summed E-state index contributed by atoms with van der Waals surface area (Å²) in [5, 5.41) is 5.82. The molecule has 3 amide bonds. The third kappa shape index (κ3) is 15.1. The second-order valence-corrected chi connectivity index (χ2v) is 12.4. The predicted molar refractivity (Wildman–Crippen MR) is 206 cm³/mol. The minimum Gasteiger partial charge on any atom is -0.487 e. The Kier molecular flexibility index (Phi) is 19.3. The zero-order valence-electron chi connectivity index (χ0n) is 31.5. The fourth-order valence-corrected chi connectivity index (χ4v) is 5.34. The maximum atomic E-state index is 13.1. The molecule has 302 valence electrons. The van der Waals surface area contributed by atoms with E-state index in [9.17, 15) is 19.2 Å². The van der Waals surface area contributed by atoms with Crippen molar-refractivity contribution < 1.29 is 47.6 Å². The van der Waals surface area contributed by atoms with E-state index in [0.717, 1.165) is 11.1 Å². The van der Waals surface area contributed by atoms with E-state index in [1.54, 1.807) is 42.6 Å². The van der Waals surface area contributed by atoms with Gasteiger partial charge in [-0.3, -0.25) is 25.1 Å². The SMILES string of the molecule is NCCN/C=C(/COc1ccc(C[C@H](NC(=O)CCOCCOCCOCCOCCN2C(=O)c3ccccc3C2=O)C(=O)OCc2ccccc2)cc1)NN. The van der Waals surface area contributed by atoms with Crippen molar-refractivity contribution in [1.82, 2.24) is 21.0 Å². The van der Waals surface area contributed by atoms with Crippen molar-refractivity contribution >= 4 is 23.7 Å². The maximum absolute atomic E-state index is 13.1. The molecule has 0 bridgehead atoms. The monoisotopic (exact) mass is 776 g/mol. The first-order chi connectivity index (χ1) is 27.4. The lowest BCUT2D eigenvalue weighted by atomic mass is 10.1. The Labute approximate surface area is 326 Å². The number of fused-ring (bicyclic) bond motifs is 1. The number of rotatable bonds is 28. The third-order valence-corrected chi connectivity index (χ3v) is 8.28. The van der Waals surface area contributed by atoms with Crippen LogP contribution in [0.15, 0.2) is 90.8 Å². The molecule has 0 unspecified atom stereocenters. The summed E-state index contributed by atoms with van der Waals surface area (Å²) in [6.45, 7) is 3.78. The number of esters is 1. The van der Waals surface area contributed by atoms with Gasteiger partial charge >= 0.3 is 5.97 Å². The fourth-order valence-electron chi connectivity index (χ4n) is 5.34. The van der Waals surface area contributed by atoms with Gasteiger partial charge in [0, 0.05) is 32.1 Å². The Morgan fingerprint density at radius 2 is 1.32 bits per heavy atom. The third-order valence-electron chi connectivity index (χ3n) is 8.28. The summed E-state index contributed by atoms with van der Waals surface area (Å²) in [5.74, 6) is 4.63. The summed E-state index contributed by atoms with van der Waals surface area (Å²) in [5.41, 5.74) is 11.2. The Morgan fingerprint density at radius 1 is 0.732 bits per heavy atom. The lowest BCUT2D eigenvalue weighted by molar-refractivity contribution is -0.149. The van der Waals surface area contributed by atoms with Crippen LogP contribution in [-0.4, -0.2) is 114 Å². The number of amides is 3. The van der Waals surface area contributed by atoms with Crippen molar-refractivity contribution in [3.05, 3.63) is 113 Å². The number of nitrogens with two attached hydrogens (primary N) is 2. The number of ether oxygens (including phenoxy) is 6. The second-order valence-electron chi connectivity index (χ2n) is 12.4. The van der Waals surface area contributed by atoms with Gasteiger partial charge in [0.2, 0.25) is 5.91 Å². The van der Waals surface area contributed by atoms with Gasteiger partial charge in [-0.25, -0.2) is 4.79 Å². The Balaban J connectivity index is 1.08. The number of carbonyl (C=O) groups is 4. The molecule has 0 aromatic heterocycles. The van der Waals surface area contributed by atoms with E-state index < -0.39 is 12.0 Å². The molecule has 16 heteroatoms. The number of hydrogen-bond acceptors (Lipinski definition) is 14. The van der Waals surface area contributed by atoms with Gasteiger partial charge in [0.15, 0.2) is 0 Å². The average molecular weight is 777 g/mol. The standard InChI is InChI=1S/C40H52N6O10/c41-15-16-43-27-32(45-42)29-55-33-12-10-30(11-13-33)26-36(40(50)56-28-31-6-2-1-3-7-31)44-37(47)14-18-51-20-22-53-24-25-54-23-21-52-19-17-46-38(48)34-8-4-5-9-35(34)39(46)49/h1-13,27,36,43,45H,14-26,28-29,41-42H2,(H,44,47)/b32-27-/t36-/m0/s1. The molecular weight excluding hydrogens is 724 g/mol. The van der Waals surface area contributed by atoms with Gasteiger partial charge in [0.05, 0.1) is 76.2 Å². The van der Waals surface area contributed by atoms with Gasteiger partial charge in [0.25, 0.3) is 11.8 Å². The highest BCUT2D eigenvalue weighted by Crippen LogP contribution is 2.22. The van der Waals surface area contributed by atoms with Gasteiger partial charge in [-0.2, -0.15) is 0 Å². The van der Waals surface area contributed by atoms with E-state index in [4.69, 9.17) is 40.0 Å². The predicted octanol–water partition coefficient (Wildman–Crippen LogP) is 1.44. The Hall–Kier alpha value is -5.36. The Morgan fingerprint density at radius 3 is 1.93 bits per heavy atom. The van der Waals surface area contributed by atoms with E-state index in [-0.39, 0.29) is 70.1 Å². The first-order valence-electron chi connectivity index (χ1n) is 18.5. The van der Waals surface area contributed by atoms with Crippen molar-refractivity contribution in [1.29, 1.82) is 0 Å². The summed E-state index contributed by atoms with van der Waals surface area (Å²) in [6.07, 6.45) is 1.94. The molecule has 0 aliphatic carbocycles. The van der Waals surface area contributed by atoms with Crippen LogP contribution in [0, 0.1) is 0 Å². The topological polar surface area (TPSA) is 215 Å². The highest BCUT2D eigenvalue weighted by molar-refractivity contribution is 6.21. The lowest BCUT2D eigenvalue weighted by Gasteiger charge is -2.18. The van der Waals surface area contributed by atoms with Crippen LogP contribution in [-0.2, 0) is 46.3 Å². The van der Waals surface area contributed by atoms with E-state index in [2.05, 4.69) is 16.1 Å². The minimum absolute atomic E-state index is 0.0382. The van der Waals surface area contributed by atoms with Gasteiger partial charge < -0.3 is 50.2 Å². The average Bonchev–Trinajstić information content (AvgIpc) is 3.46. The lowest BCUT2D eigenvalue weighted by Crippen LogP contribution is -2.43. The quantitative estimate of drug-likeness (QED) is 0.0232. The van der Waals surface area contributed by atoms with Crippen LogP contribution < -0.4 is 32.4 Å². The summed E-state index contributed by atoms with van der Waals surface area (Å²) < 4.78 is 33.4. The summed E-state index contributed by atoms with van der Waals surface area (Å²) >= 11 is 0. The second kappa shape index (κ2) is 24.9. The summed E-state index contributed by atoms with van der Waals surface area (Å²) in [6, 6.07) is 22.3. The molecule has 7 N–H and O–H groups in total. The van der Waals surface area contributed by atoms with Crippen LogP contribution in [0.5, 0.6) is 5.75 Å². The zero-order chi connectivity index (χ0) is 39.8. The molecule has 4 rings (SSSR count). The number of nitrogens with zero attached hydrogens (tertiary/aromatic N) is 1. The normalized spacial score (nSPS) is 13.0. The van der Waals surface area contributed by atoms with Gasteiger partial charge in [0.1, 0.15) is 25.0 Å². The van der Waals surface area contributed by atoms with Crippen LogP contribution in [0.1, 0.15) is 38.3 Å².